The molecule has 5 aromatic carbocycles. The van der Waals surface area contributed by atoms with Crippen molar-refractivity contribution in [2.24, 2.45) is 0 Å². The van der Waals surface area contributed by atoms with Gasteiger partial charge in [-0.2, -0.15) is 0 Å². The number of hydrogen-bond acceptors (Lipinski definition) is 6. The van der Waals surface area contributed by atoms with E-state index in [1.807, 2.05) is 0 Å². The Labute approximate surface area is 301 Å². The van der Waals surface area contributed by atoms with Crippen LogP contribution in [-0.2, 0) is 22.7 Å². The number of benzene rings is 5. The molecule has 0 aliphatic rings. The molecule has 0 spiro atoms. The highest BCUT2D eigenvalue weighted by atomic mass is 19.2. The van der Waals surface area contributed by atoms with Crippen LogP contribution in [0, 0.1) is 70.2 Å². The summed E-state index contributed by atoms with van der Waals surface area (Å²) in [5.41, 5.74) is -3.26. The van der Waals surface area contributed by atoms with Crippen molar-refractivity contribution in [3.63, 3.8) is 0 Å². The van der Waals surface area contributed by atoms with Crippen molar-refractivity contribution in [3.8, 4) is 35.2 Å². The Bertz CT molecular complexity index is 2170. The first-order valence-corrected chi connectivity index (χ1v) is 15.3. The monoisotopic (exact) mass is 750 g/mol. The lowest BCUT2D eigenvalue weighted by atomic mass is 9.97. The van der Waals surface area contributed by atoms with Crippen molar-refractivity contribution in [2.75, 3.05) is 14.2 Å². The van der Waals surface area contributed by atoms with Gasteiger partial charge in [-0.05, 0) is 60.7 Å². The lowest BCUT2D eigenvalue weighted by Gasteiger charge is -2.13. The second-order valence-electron chi connectivity index (χ2n) is 10.9. The first-order chi connectivity index (χ1) is 25.8. The quantitative estimate of drug-likeness (QED) is 0.0688. The fraction of sp³-hybridized carbons (Fsp3) is 0.100. The molecule has 6 nitrogen and oxygen atoms in total. The van der Waals surface area contributed by atoms with Crippen LogP contribution >= 0.6 is 0 Å². The maximum absolute atomic E-state index is 14.4. The van der Waals surface area contributed by atoms with E-state index >= 15 is 0 Å². The number of carbonyl (C=O) groups is 2. The molecule has 5 rings (SSSR count). The summed E-state index contributed by atoms with van der Waals surface area (Å²) in [5, 5.41) is 0. The molecule has 0 amide bonds. The Kier molecular flexibility index (Phi) is 11.9. The van der Waals surface area contributed by atoms with Crippen molar-refractivity contribution in [2.45, 2.75) is 13.2 Å². The number of esters is 2. The Hall–Kier alpha value is -6.80. The standard InChI is InChI=1S/C40H22F8O6/c1-51-25-11-5-21(6-12-25)3-9-23-15-28(40(50)54-20-30-37(47)33(43)18-34(44)38(30)48)24(10-4-22-7-13-26(52-2)14-8-22)16-27(23)39(49)53-19-29-35(45)31(41)17-32(42)36(29)46/h5-8,11-18H,19-20H2,1-2H3. The van der Waals surface area contributed by atoms with E-state index in [0.717, 1.165) is 12.1 Å². The van der Waals surface area contributed by atoms with Gasteiger partial charge >= 0.3 is 11.9 Å². The van der Waals surface area contributed by atoms with E-state index in [0.29, 0.717) is 22.6 Å². The Morgan fingerprint density at radius 3 is 1.09 bits per heavy atom. The Balaban J connectivity index is 1.62. The number of rotatable bonds is 8. The minimum atomic E-state index is -1.81. The van der Waals surface area contributed by atoms with Crippen LogP contribution in [0.15, 0.2) is 72.8 Å². The number of carbonyl (C=O) groups excluding carboxylic acids is 2. The molecule has 54 heavy (non-hydrogen) atoms. The van der Waals surface area contributed by atoms with E-state index in [1.54, 1.807) is 48.5 Å². The zero-order valence-electron chi connectivity index (χ0n) is 27.8. The molecule has 5 aromatic rings. The van der Waals surface area contributed by atoms with Crippen LogP contribution in [0.4, 0.5) is 35.1 Å². The highest BCUT2D eigenvalue weighted by Crippen LogP contribution is 2.25. The van der Waals surface area contributed by atoms with Crippen LogP contribution in [0.1, 0.15) is 54.1 Å². The van der Waals surface area contributed by atoms with Gasteiger partial charge in [-0.3, -0.25) is 0 Å². The third kappa shape index (κ3) is 8.62. The maximum atomic E-state index is 14.4. The van der Waals surface area contributed by atoms with Gasteiger partial charge in [0.15, 0.2) is 46.5 Å². The van der Waals surface area contributed by atoms with E-state index in [9.17, 15) is 44.7 Å². The first-order valence-electron chi connectivity index (χ1n) is 15.3. The van der Waals surface area contributed by atoms with Gasteiger partial charge in [0, 0.05) is 34.4 Å². The topological polar surface area (TPSA) is 71.1 Å². The maximum Gasteiger partial charge on any atom is 0.339 e. The van der Waals surface area contributed by atoms with Gasteiger partial charge in [0.25, 0.3) is 0 Å². The molecule has 0 aliphatic carbocycles. The van der Waals surface area contributed by atoms with E-state index < -0.39 is 93.9 Å². The fourth-order valence-electron chi connectivity index (χ4n) is 4.70. The Morgan fingerprint density at radius 2 is 0.796 bits per heavy atom. The molecule has 0 heterocycles. The number of ether oxygens (including phenoxy) is 4. The summed E-state index contributed by atoms with van der Waals surface area (Å²) in [6.45, 7) is -2.57. The average Bonchev–Trinajstić information content (AvgIpc) is 3.17. The van der Waals surface area contributed by atoms with E-state index in [4.69, 9.17) is 18.9 Å². The highest BCUT2D eigenvalue weighted by Gasteiger charge is 2.25. The summed E-state index contributed by atoms with van der Waals surface area (Å²) < 4.78 is 133. The minimum Gasteiger partial charge on any atom is -0.497 e. The highest BCUT2D eigenvalue weighted by molar-refractivity contribution is 5.98. The molecule has 0 fully saturated rings. The van der Waals surface area contributed by atoms with Crippen molar-refractivity contribution >= 4 is 11.9 Å². The molecule has 0 aliphatic heterocycles. The zero-order chi connectivity index (χ0) is 39.1. The molecule has 274 valence electrons. The fourth-order valence-corrected chi connectivity index (χ4v) is 4.70. The summed E-state index contributed by atoms with van der Waals surface area (Å²) in [6.07, 6.45) is 0. The second kappa shape index (κ2) is 16.7. The SMILES string of the molecule is COc1ccc(C#Cc2cc(C(=O)OCc3c(F)c(F)cc(F)c3F)c(C#Cc3ccc(OC)cc3)cc2C(=O)OCc2c(F)c(F)cc(F)c2F)cc1. The molecule has 0 unspecified atom stereocenters. The molecule has 0 radical (unpaired) electrons. The summed E-state index contributed by atoms with van der Waals surface area (Å²) in [6, 6.07) is 14.3. The van der Waals surface area contributed by atoms with Crippen LogP contribution in [0.25, 0.3) is 0 Å². The normalized spacial score (nSPS) is 10.4. The van der Waals surface area contributed by atoms with Gasteiger partial charge in [0.1, 0.15) is 24.7 Å². The predicted octanol–water partition coefficient (Wildman–Crippen LogP) is 8.33. The number of halogens is 8. The largest absolute Gasteiger partial charge is 0.497 e. The lowest BCUT2D eigenvalue weighted by Crippen LogP contribution is -2.15. The van der Waals surface area contributed by atoms with Crippen LogP contribution < -0.4 is 9.47 Å². The molecule has 0 atom stereocenters. The summed E-state index contributed by atoms with van der Waals surface area (Å²) in [4.78, 5) is 27.0. The molecule has 0 N–H and O–H groups in total. The molecule has 0 saturated carbocycles. The number of hydrogen-bond donors (Lipinski definition) is 0. The predicted molar refractivity (Wildman–Crippen MR) is 175 cm³/mol. The van der Waals surface area contributed by atoms with Crippen LogP contribution in [-0.4, -0.2) is 26.2 Å². The third-order valence-corrected chi connectivity index (χ3v) is 7.56. The first kappa shape index (κ1) is 38.4. The van der Waals surface area contributed by atoms with Gasteiger partial charge in [0.2, 0.25) is 0 Å². The van der Waals surface area contributed by atoms with Gasteiger partial charge in [-0.15, -0.1) is 0 Å². The van der Waals surface area contributed by atoms with E-state index in [-0.39, 0.29) is 23.3 Å². The summed E-state index contributed by atoms with van der Waals surface area (Å²) in [7, 11) is 2.86. The van der Waals surface area contributed by atoms with Gasteiger partial charge in [0.05, 0.1) is 36.5 Å². The van der Waals surface area contributed by atoms with Gasteiger partial charge < -0.3 is 18.9 Å². The minimum absolute atomic E-state index is 0.0258. The van der Waals surface area contributed by atoms with Crippen LogP contribution in [0.3, 0.4) is 0 Å². The molecular weight excluding hydrogens is 728 g/mol. The molecule has 0 aromatic heterocycles. The Morgan fingerprint density at radius 1 is 0.481 bits per heavy atom. The zero-order valence-corrected chi connectivity index (χ0v) is 27.8. The third-order valence-electron chi connectivity index (χ3n) is 7.56. The average molecular weight is 751 g/mol. The van der Waals surface area contributed by atoms with Crippen molar-refractivity contribution in [3.05, 3.63) is 164 Å². The van der Waals surface area contributed by atoms with Gasteiger partial charge in [-0.1, -0.05) is 23.7 Å². The van der Waals surface area contributed by atoms with Crippen molar-refractivity contribution in [1.82, 2.24) is 0 Å². The number of methoxy groups -OCH3 is 2. The summed E-state index contributed by atoms with van der Waals surface area (Å²) >= 11 is 0. The van der Waals surface area contributed by atoms with Crippen molar-refractivity contribution < 1.29 is 63.7 Å². The van der Waals surface area contributed by atoms with Crippen LogP contribution in [0.5, 0.6) is 11.5 Å². The van der Waals surface area contributed by atoms with Crippen LogP contribution in [0.2, 0.25) is 0 Å². The second-order valence-corrected chi connectivity index (χ2v) is 10.9. The molecular formula is C40H22F8O6. The van der Waals surface area contributed by atoms with Gasteiger partial charge in [-0.25, -0.2) is 44.7 Å². The smallest absolute Gasteiger partial charge is 0.339 e. The molecule has 14 heteroatoms. The lowest BCUT2D eigenvalue weighted by molar-refractivity contribution is 0.0447. The summed E-state index contributed by atoms with van der Waals surface area (Å²) in [5.74, 6) is -5.15. The molecule has 0 bridgehead atoms. The van der Waals surface area contributed by atoms with E-state index in [2.05, 4.69) is 23.7 Å². The molecule has 0 saturated heterocycles. The van der Waals surface area contributed by atoms with E-state index in [1.165, 1.54) is 14.2 Å². The van der Waals surface area contributed by atoms with Crippen molar-refractivity contribution in [1.29, 1.82) is 0 Å².